The Balaban J connectivity index is 2.54. The Labute approximate surface area is 121 Å². The fourth-order valence-electron chi connectivity index (χ4n) is 2.76. The molecule has 0 radical (unpaired) electrons. The van der Waals surface area contributed by atoms with Gasteiger partial charge >= 0.3 is 0 Å². The fraction of sp³-hybridized carbons (Fsp3) is 0.733. The molecular formula is C15H26N4O. The van der Waals surface area contributed by atoms with Crippen molar-refractivity contribution >= 4 is 5.91 Å². The summed E-state index contributed by atoms with van der Waals surface area (Å²) in [4.78, 5) is 18.8. The van der Waals surface area contributed by atoms with Gasteiger partial charge in [0.2, 0.25) is 5.91 Å². The molecule has 0 saturated heterocycles. The first kappa shape index (κ1) is 15.0. The van der Waals surface area contributed by atoms with E-state index in [1.54, 1.807) is 19.0 Å². The van der Waals surface area contributed by atoms with Crippen LogP contribution >= 0.6 is 0 Å². The molecule has 2 rings (SSSR count). The zero-order valence-corrected chi connectivity index (χ0v) is 13.4. The predicted molar refractivity (Wildman–Crippen MR) is 79.7 cm³/mol. The number of carbonyl (C=O) groups excluding carboxylic acids is 1. The quantitative estimate of drug-likeness (QED) is 0.891. The number of hydrogen-bond donors (Lipinski definition) is 1. The zero-order valence-electron chi connectivity index (χ0n) is 13.4. The second kappa shape index (κ2) is 5.20. The van der Waals surface area contributed by atoms with Crippen molar-refractivity contribution in [3.8, 4) is 0 Å². The Morgan fingerprint density at radius 2 is 2.05 bits per heavy atom. The molecule has 1 aromatic heterocycles. The molecule has 5 nitrogen and oxygen atoms in total. The zero-order chi connectivity index (χ0) is 15.1. The molecule has 0 saturated carbocycles. The second-order valence-corrected chi connectivity index (χ2v) is 6.78. The molecule has 1 unspecified atom stereocenters. The lowest BCUT2D eigenvalue weighted by atomic mass is 9.95. The monoisotopic (exact) mass is 278 g/mol. The molecule has 0 aromatic carbocycles. The molecule has 1 amide bonds. The van der Waals surface area contributed by atoms with E-state index >= 15 is 0 Å². The van der Waals surface area contributed by atoms with Gasteiger partial charge in [-0.25, -0.2) is 4.98 Å². The van der Waals surface area contributed by atoms with Crippen LogP contribution in [0.25, 0.3) is 0 Å². The van der Waals surface area contributed by atoms with E-state index in [-0.39, 0.29) is 17.4 Å². The Morgan fingerprint density at radius 1 is 1.40 bits per heavy atom. The number of nitrogens with zero attached hydrogens (tertiary/aromatic N) is 3. The van der Waals surface area contributed by atoms with Crippen LogP contribution < -0.4 is 5.32 Å². The first-order chi connectivity index (χ1) is 9.23. The van der Waals surface area contributed by atoms with Gasteiger partial charge in [0, 0.05) is 44.7 Å². The molecule has 0 aliphatic carbocycles. The summed E-state index contributed by atoms with van der Waals surface area (Å²) in [6.07, 6.45) is 0.934. The van der Waals surface area contributed by atoms with Crippen molar-refractivity contribution in [1.82, 2.24) is 19.8 Å². The van der Waals surface area contributed by atoms with E-state index in [1.807, 2.05) is 6.92 Å². The Bertz CT molecular complexity index is 511. The first-order valence-electron chi connectivity index (χ1n) is 7.26. The summed E-state index contributed by atoms with van der Waals surface area (Å²) in [6.45, 7) is 10.2. The number of nitrogens with one attached hydrogen (secondary N) is 1. The van der Waals surface area contributed by atoms with Crippen LogP contribution in [0.2, 0.25) is 0 Å². The van der Waals surface area contributed by atoms with Gasteiger partial charge in [0.25, 0.3) is 0 Å². The Hall–Kier alpha value is -1.36. The summed E-state index contributed by atoms with van der Waals surface area (Å²) in [5, 5.41) is 3.35. The van der Waals surface area contributed by atoms with Crippen LogP contribution in [0.3, 0.4) is 0 Å². The van der Waals surface area contributed by atoms with Gasteiger partial charge in [-0.3, -0.25) is 4.79 Å². The Morgan fingerprint density at radius 3 is 2.60 bits per heavy atom. The average Bonchev–Trinajstić information content (AvgIpc) is 2.76. The standard InChI is InChI=1S/C15H26N4O/c1-10(13(20)18(5)6)19-12-7-8-16-9-11(12)17-14(19)15(2,3)4/h10,16H,7-9H2,1-6H3. The lowest BCUT2D eigenvalue weighted by Crippen LogP contribution is -2.34. The van der Waals surface area contributed by atoms with Crippen LogP contribution in [-0.2, 0) is 23.2 Å². The van der Waals surface area contributed by atoms with E-state index in [0.717, 1.165) is 31.0 Å². The van der Waals surface area contributed by atoms with E-state index in [9.17, 15) is 4.79 Å². The van der Waals surface area contributed by atoms with Gasteiger partial charge in [0.1, 0.15) is 11.9 Å². The molecule has 112 valence electrons. The van der Waals surface area contributed by atoms with Gasteiger partial charge in [-0.2, -0.15) is 0 Å². The SMILES string of the molecule is CC(C(=O)N(C)C)n1c(C(C)(C)C)nc2c1CCNC2. The molecule has 0 bridgehead atoms. The van der Waals surface area contributed by atoms with Crippen molar-refractivity contribution in [3.05, 3.63) is 17.2 Å². The third-order valence-electron chi connectivity index (χ3n) is 3.78. The van der Waals surface area contributed by atoms with E-state index in [2.05, 4.69) is 30.7 Å². The van der Waals surface area contributed by atoms with Crippen LogP contribution in [-0.4, -0.2) is 41.0 Å². The number of carbonyl (C=O) groups is 1. The van der Waals surface area contributed by atoms with Crippen LogP contribution in [0.1, 0.15) is 50.9 Å². The molecule has 0 fully saturated rings. The maximum absolute atomic E-state index is 12.4. The van der Waals surface area contributed by atoms with Gasteiger partial charge in [0.15, 0.2) is 0 Å². The molecule has 20 heavy (non-hydrogen) atoms. The highest BCUT2D eigenvalue weighted by atomic mass is 16.2. The van der Waals surface area contributed by atoms with Gasteiger partial charge < -0.3 is 14.8 Å². The summed E-state index contributed by atoms with van der Waals surface area (Å²) >= 11 is 0. The summed E-state index contributed by atoms with van der Waals surface area (Å²) in [7, 11) is 3.61. The van der Waals surface area contributed by atoms with Crippen molar-refractivity contribution in [2.24, 2.45) is 0 Å². The van der Waals surface area contributed by atoms with Crippen LogP contribution in [0, 0.1) is 0 Å². The molecule has 2 heterocycles. The molecule has 1 atom stereocenters. The van der Waals surface area contributed by atoms with E-state index < -0.39 is 0 Å². The third kappa shape index (κ3) is 2.59. The Kier molecular flexibility index (Phi) is 3.91. The summed E-state index contributed by atoms with van der Waals surface area (Å²) in [5.41, 5.74) is 2.24. The van der Waals surface area contributed by atoms with E-state index in [1.165, 1.54) is 5.69 Å². The highest BCUT2D eigenvalue weighted by Crippen LogP contribution is 2.29. The number of rotatable bonds is 2. The van der Waals surface area contributed by atoms with Crippen molar-refractivity contribution in [1.29, 1.82) is 0 Å². The summed E-state index contributed by atoms with van der Waals surface area (Å²) < 4.78 is 2.17. The summed E-state index contributed by atoms with van der Waals surface area (Å²) in [6, 6.07) is -0.200. The average molecular weight is 278 g/mol. The van der Waals surface area contributed by atoms with Gasteiger partial charge in [-0.05, 0) is 6.92 Å². The number of aromatic nitrogens is 2. The lowest BCUT2D eigenvalue weighted by Gasteiger charge is -2.27. The maximum Gasteiger partial charge on any atom is 0.244 e. The number of likely N-dealkylation sites (N-methyl/N-ethyl adjacent to an activating group) is 1. The highest BCUT2D eigenvalue weighted by molar-refractivity contribution is 5.79. The lowest BCUT2D eigenvalue weighted by molar-refractivity contribution is -0.131. The first-order valence-corrected chi connectivity index (χ1v) is 7.26. The van der Waals surface area contributed by atoms with Crippen LogP contribution in [0.5, 0.6) is 0 Å². The van der Waals surface area contributed by atoms with Gasteiger partial charge in [0.05, 0.1) is 5.69 Å². The van der Waals surface area contributed by atoms with Crippen molar-refractivity contribution in [2.45, 2.75) is 52.1 Å². The van der Waals surface area contributed by atoms with Crippen molar-refractivity contribution in [2.75, 3.05) is 20.6 Å². The topological polar surface area (TPSA) is 50.2 Å². The largest absolute Gasteiger partial charge is 0.347 e. The van der Waals surface area contributed by atoms with Crippen molar-refractivity contribution in [3.63, 3.8) is 0 Å². The number of imidazole rings is 1. The molecule has 1 N–H and O–H groups in total. The van der Waals surface area contributed by atoms with Crippen LogP contribution in [0.4, 0.5) is 0 Å². The maximum atomic E-state index is 12.4. The second-order valence-electron chi connectivity index (χ2n) is 6.78. The number of fused-ring (bicyclic) bond motifs is 1. The molecule has 1 aliphatic heterocycles. The number of hydrogen-bond acceptors (Lipinski definition) is 3. The molecule has 0 spiro atoms. The van der Waals surface area contributed by atoms with E-state index in [4.69, 9.17) is 4.98 Å². The highest BCUT2D eigenvalue weighted by Gasteiger charge is 2.31. The smallest absolute Gasteiger partial charge is 0.244 e. The normalized spacial score (nSPS) is 16.7. The molecular weight excluding hydrogens is 252 g/mol. The van der Waals surface area contributed by atoms with Gasteiger partial charge in [-0.1, -0.05) is 20.8 Å². The van der Waals surface area contributed by atoms with Crippen molar-refractivity contribution < 1.29 is 4.79 Å². The number of amides is 1. The molecule has 5 heteroatoms. The fourth-order valence-corrected chi connectivity index (χ4v) is 2.76. The third-order valence-corrected chi connectivity index (χ3v) is 3.78. The minimum absolute atomic E-state index is 0.0712. The summed E-state index contributed by atoms with van der Waals surface area (Å²) in [5.74, 6) is 1.13. The van der Waals surface area contributed by atoms with Gasteiger partial charge in [-0.15, -0.1) is 0 Å². The molecule has 1 aromatic rings. The minimum atomic E-state index is -0.200. The van der Waals surface area contributed by atoms with Crippen LogP contribution in [0.15, 0.2) is 0 Å². The predicted octanol–water partition coefficient (Wildman–Crippen LogP) is 1.48. The minimum Gasteiger partial charge on any atom is -0.347 e. The molecule has 1 aliphatic rings. The van der Waals surface area contributed by atoms with E-state index in [0.29, 0.717) is 0 Å².